The van der Waals surface area contributed by atoms with E-state index in [0.29, 0.717) is 0 Å². The van der Waals surface area contributed by atoms with Crippen molar-refractivity contribution in [3.8, 4) is 0 Å². The largest absolute Gasteiger partial charge is 0.299 e. The first-order valence-electron chi connectivity index (χ1n) is 7.88. The third-order valence-electron chi connectivity index (χ3n) is 3.46. The van der Waals surface area contributed by atoms with Crippen LogP contribution in [0, 0.1) is 6.54 Å². The Morgan fingerprint density at radius 2 is 1.06 bits per heavy atom. The van der Waals surface area contributed by atoms with Crippen LogP contribution in [0.15, 0.2) is 0 Å². The minimum atomic E-state index is 1.27. The van der Waals surface area contributed by atoms with E-state index in [9.17, 15) is 0 Å². The van der Waals surface area contributed by atoms with Crippen molar-refractivity contribution in [1.29, 1.82) is 0 Å². The highest BCUT2D eigenvalue weighted by molar-refractivity contribution is 4.64. The molecular weight excluding hydrogens is 206 g/mol. The van der Waals surface area contributed by atoms with E-state index < -0.39 is 0 Å². The zero-order valence-corrected chi connectivity index (χ0v) is 12.5. The van der Waals surface area contributed by atoms with Gasteiger partial charge in [-0.05, 0) is 32.9 Å². The van der Waals surface area contributed by atoms with E-state index in [-0.39, 0.29) is 0 Å². The van der Waals surface area contributed by atoms with Crippen molar-refractivity contribution in [3.05, 3.63) is 6.54 Å². The van der Waals surface area contributed by atoms with Gasteiger partial charge in [-0.3, -0.25) is 4.90 Å². The van der Waals surface area contributed by atoms with Crippen LogP contribution in [0.25, 0.3) is 0 Å². The van der Waals surface area contributed by atoms with E-state index in [1.165, 1.54) is 77.3 Å². The molecule has 0 fully saturated rings. The topological polar surface area (TPSA) is 3.24 Å². The summed E-state index contributed by atoms with van der Waals surface area (Å²) in [5, 5.41) is 0. The second-order valence-electron chi connectivity index (χ2n) is 5.12. The second kappa shape index (κ2) is 14.0. The highest BCUT2D eigenvalue weighted by atomic mass is 15.1. The molecule has 0 saturated heterocycles. The summed E-state index contributed by atoms with van der Waals surface area (Å²) < 4.78 is 0. The van der Waals surface area contributed by atoms with Crippen LogP contribution in [0.1, 0.15) is 85.0 Å². The molecule has 0 aromatic rings. The molecule has 0 aromatic heterocycles. The van der Waals surface area contributed by atoms with Gasteiger partial charge in [-0.25, -0.2) is 0 Å². The molecule has 0 aliphatic heterocycles. The van der Waals surface area contributed by atoms with Crippen molar-refractivity contribution >= 4 is 0 Å². The molecule has 103 valence electrons. The molecular formula is C16H34N. The lowest BCUT2D eigenvalue weighted by Crippen LogP contribution is -2.22. The van der Waals surface area contributed by atoms with Crippen molar-refractivity contribution in [2.75, 3.05) is 13.1 Å². The van der Waals surface area contributed by atoms with Crippen LogP contribution in [0.2, 0.25) is 0 Å². The maximum atomic E-state index is 2.51. The van der Waals surface area contributed by atoms with Crippen LogP contribution in [-0.4, -0.2) is 18.0 Å². The molecule has 0 aliphatic carbocycles. The standard InChI is InChI=1S/C16H34N/c1-4-7-9-11-13-15-17(6-3)16-14-12-10-8-5-2/h6H,4-5,7-16H2,1-3H3. The van der Waals surface area contributed by atoms with E-state index in [2.05, 4.69) is 32.2 Å². The number of nitrogens with zero attached hydrogens (tertiary/aromatic N) is 1. The first-order chi connectivity index (χ1) is 8.35. The van der Waals surface area contributed by atoms with Crippen molar-refractivity contribution in [1.82, 2.24) is 4.90 Å². The molecule has 0 atom stereocenters. The molecule has 0 spiro atoms. The number of hydrogen-bond acceptors (Lipinski definition) is 1. The molecule has 0 aliphatic rings. The summed E-state index contributed by atoms with van der Waals surface area (Å²) in [5.74, 6) is 0. The Morgan fingerprint density at radius 3 is 1.41 bits per heavy atom. The Bertz CT molecular complexity index is 119. The van der Waals surface area contributed by atoms with Gasteiger partial charge in [0.1, 0.15) is 0 Å². The molecule has 0 amide bonds. The van der Waals surface area contributed by atoms with Gasteiger partial charge in [-0.2, -0.15) is 0 Å². The summed E-state index contributed by atoms with van der Waals surface area (Å²) in [5.41, 5.74) is 0. The third-order valence-corrected chi connectivity index (χ3v) is 3.46. The fourth-order valence-corrected chi connectivity index (χ4v) is 2.21. The molecule has 17 heavy (non-hydrogen) atoms. The van der Waals surface area contributed by atoms with Crippen LogP contribution in [0.5, 0.6) is 0 Å². The predicted molar refractivity (Wildman–Crippen MR) is 79.1 cm³/mol. The molecule has 0 saturated carbocycles. The van der Waals surface area contributed by atoms with Crippen molar-refractivity contribution in [2.24, 2.45) is 0 Å². The van der Waals surface area contributed by atoms with Crippen LogP contribution >= 0.6 is 0 Å². The summed E-state index contributed by atoms with van der Waals surface area (Å²) >= 11 is 0. The number of unbranched alkanes of at least 4 members (excludes halogenated alkanes) is 8. The first-order valence-corrected chi connectivity index (χ1v) is 7.88. The lowest BCUT2D eigenvalue weighted by molar-refractivity contribution is 0.317. The summed E-state index contributed by atoms with van der Waals surface area (Å²) in [6.07, 6.45) is 13.9. The molecule has 0 heterocycles. The second-order valence-corrected chi connectivity index (χ2v) is 5.12. The molecule has 0 aromatic carbocycles. The molecule has 0 unspecified atom stereocenters. The van der Waals surface area contributed by atoms with Crippen LogP contribution in [0.3, 0.4) is 0 Å². The summed E-state index contributed by atoms with van der Waals surface area (Å²) in [7, 11) is 0. The van der Waals surface area contributed by atoms with Gasteiger partial charge >= 0.3 is 0 Å². The monoisotopic (exact) mass is 240 g/mol. The predicted octanol–water partition coefficient (Wildman–Crippen LogP) is 5.41. The zero-order chi connectivity index (χ0) is 12.8. The van der Waals surface area contributed by atoms with Gasteiger partial charge in [0, 0.05) is 6.54 Å². The Balaban J connectivity index is 3.30. The molecule has 0 N–H and O–H groups in total. The van der Waals surface area contributed by atoms with E-state index >= 15 is 0 Å². The molecule has 0 bridgehead atoms. The molecule has 0 rings (SSSR count). The minimum Gasteiger partial charge on any atom is -0.299 e. The minimum absolute atomic E-state index is 1.27. The van der Waals surface area contributed by atoms with E-state index in [1.807, 2.05) is 0 Å². The number of rotatable bonds is 13. The Kier molecular flexibility index (Phi) is 14.0. The lowest BCUT2D eigenvalue weighted by atomic mass is 10.1. The molecule has 1 nitrogen and oxygen atoms in total. The van der Waals surface area contributed by atoms with E-state index in [4.69, 9.17) is 0 Å². The normalized spacial score (nSPS) is 11.3. The highest BCUT2D eigenvalue weighted by Gasteiger charge is 2.01. The van der Waals surface area contributed by atoms with Gasteiger partial charge in [0.15, 0.2) is 0 Å². The zero-order valence-electron chi connectivity index (χ0n) is 12.5. The van der Waals surface area contributed by atoms with Crippen molar-refractivity contribution in [3.63, 3.8) is 0 Å². The quantitative estimate of drug-likeness (QED) is 0.389. The van der Waals surface area contributed by atoms with Crippen LogP contribution < -0.4 is 0 Å². The Hall–Kier alpha value is -0.0400. The average molecular weight is 240 g/mol. The SMILES string of the molecule is C[CH]N(CCCCCCC)CCCCCCC. The van der Waals surface area contributed by atoms with Gasteiger partial charge in [-0.15, -0.1) is 0 Å². The van der Waals surface area contributed by atoms with Gasteiger partial charge in [0.2, 0.25) is 0 Å². The maximum Gasteiger partial charge on any atom is 0.0220 e. The maximum absolute atomic E-state index is 2.51. The van der Waals surface area contributed by atoms with Gasteiger partial charge in [0.25, 0.3) is 0 Å². The Morgan fingerprint density at radius 1 is 0.647 bits per heavy atom. The fraction of sp³-hybridized carbons (Fsp3) is 0.938. The van der Waals surface area contributed by atoms with E-state index in [1.54, 1.807) is 0 Å². The summed E-state index contributed by atoms with van der Waals surface area (Å²) in [4.78, 5) is 2.51. The Labute approximate surface area is 110 Å². The van der Waals surface area contributed by atoms with E-state index in [0.717, 1.165) is 0 Å². The molecule has 1 radical (unpaired) electrons. The third kappa shape index (κ3) is 12.2. The van der Waals surface area contributed by atoms with Crippen molar-refractivity contribution in [2.45, 2.75) is 85.0 Å². The molecule has 1 heteroatoms. The van der Waals surface area contributed by atoms with Crippen molar-refractivity contribution < 1.29 is 0 Å². The number of hydrogen-bond donors (Lipinski definition) is 0. The first kappa shape index (κ1) is 17.0. The highest BCUT2D eigenvalue weighted by Crippen LogP contribution is 2.08. The lowest BCUT2D eigenvalue weighted by Gasteiger charge is -2.19. The van der Waals surface area contributed by atoms with Gasteiger partial charge in [-0.1, -0.05) is 65.2 Å². The van der Waals surface area contributed by atoms with Gasteiger partial charge in [0.05, 0.1) is 0 Å². The summed E-state index contributed by atoms with van der Waals surface area (Å²) in [6.45, 7) is 11.6. The van der Waals surface area contributed by atoms with Crippen LogP contribution in [-0.2, 0) is 0 Å². The van der Waals surface area contributed by atoms with Crippen LogP contribution in [0.4, 0.5) is 0 Å². The summed E-state index contributed by atoms with van der Waals surface area (Å²) in [6, 6.07) is 0. The fourth-order valence-electron chi connectivity index (χ4n) is 2.21. The van der Waals surface area contributed by atoms with Gasteiger partial charge < -0.3 is 0 Å². The average Bonchev–Trinajstić information content (AvgIpc) is 2.36. The smallest absolute Gasteiger partial charge is 0.0220 e.